The van der Waals surface area contributed by atoms with Crippen LogP contribution < -0.4 is 5.32 Å². The number of hydrogen-bond acceptors (Lipinski definition) is 5. The zero-order chi connectivity index (χ0) is 30.1. The maximum Gasteiger partial charge on any atom is 0.410 e. The van der Waals surface area contributed by atoms with Crippen molar-refractivity contribution in [3.63, 3.8) is 0 Å². The first-order chi connectivity index (χ1) is 20.7. The summed E-state index contributed by atoms with van der Waals surface area (Å²) in [4.78, 5) is 28.1. The Kier molecular flexibility index (Phi) is 8.55. The quantitative estimate of drug-likeness (QED) is 0.259. The van der Waals surface area contributed by atoms with Crippen molar-refractivity contribution in [2.75, 3.05) is 18.4 Å². The number of carbonyl (C=O) groups is 2. The van der Waals surface area contributed by atoms with Crippen LogP contribution in [0.15, 0.2) is 48.5 Å². The van der Waals surface area contributed by atoms with Crippen molar-refractivity contribution >= 4 is 17.7 Å². The molecule has 43 heavy (non-hydrogen) atoms. The van der Waals surface area contributed by atoms with Crippen LogP contribution in [0.5, 0.6) is 0 Å². The second-order valence-corrected chi connectivity index (χ2v) is 13.6. The second kappa shape index (κ2) is 12.5. The molecule has 3 fully saturated rings. The number of hydrogen-bond donors (Lipinski definition) is 1. The van der Waals surface area contributed by atoms with Gasteiger partial charge in [0, 0.05) is 49.0 Å². The van der Waals surface area contributed by atoms with Gasteiger partial charge in [0.2, 0.25) is 5.91 Å². The number of amides is 2. The number of rotatable bonds is 11. The van der Waals surface area contributed by atoms with Gasteiger partial charge in [0.05, 0.1) is 0 Å². The van der Waals surface area contributed by atoms with E-state index in [4.69, 9.17) is 14.9 Å². The van der Waals surface area contributed by atoms with Crippen LogP contribution in [0.4, 0.5) is 10.5 Å². The van der Waals surface area contributed by atoms with Crippen LogP contribution in [-0.4, -0.2) is 44.8 Å². The Balaban J connectivity index is 1.18. The van der Waals surface area contributed by atoms with Gasteiger partial charge in [-0.1, -0.05) is 61.9 Å². The van der Waals surface area contributed by atoms with E-state index >= 15 is 0 Å². The number of anilines is 1. The smallest absolute Gasteiger partial charge is 0.410 e. The fourth-order valence-corrected chi connectivity index (χ4v) is 6.91. The molecule has 1 N–H and O–H groups in total. The molecule has 3 aromatic rings. The normalized spacial score (nSPS) is 20.8. The third kappa shape index (κ3) is 6.78. The lowest BCUT2D eigenvalue weighted by Gasteiger charge is -2.42. The number of benzene rings is 2. The zero-order valence-corrected chi connectivity index (χ0v) is 26.0. The number of nitrogens with zero attached hydrogens (tertiary/aromatic N) is 4. The monoisotopic (exact) mass is 583 g/mol. The molecule has 8 nitrogen and oxygen atoms in total. The fraction of sp³-hybridized carbons (Fsp3) is 0.543. The highest BCUT2D eigenvalue weighted by Gasteiger charge is 2.44. The molecule has 2 amide bonds. The number of aromatic nitrogens is 3. The summed E-state index contributed by atoms with van der Waals surface area (Å²) in [5, 5.41) is 12.7. The van der Waals surface area contributed by atoms with Crippen LogP contribution >= 0.6 is 0 Å². The Morgan fingerprint density at radius 3 is 2.44 bits per heavy atom. The molecule has 228 valence electrons. The van der Waals surface area contributed by atoms with Gasteiger partial charge in [-0.15, -0.1) is 10.2 Å². The van der Waals surface area contributed by atoms with E-state index in [1.54, 1.807) is 4.90 Å². The summed E-state index contributed by atoms with van der Waals surface area (Å²) >= 11 is 0. The average Bonchev–Trinajstić information content (AvgIpc) is 3.68. The van der Waals surface area contributed by atoms with Crippen molar-refractivity contribution < 1.29 is 14.3 Å². The highest BCUT2D eigenvalue weighted by Crippen LogP contribution is 2.48. The Morgan fingerprint density at radius 2 is 1.77 bits per heavy atom. The van der Waals surface area contributed by atoms with Crippen LogP contribution in [0.2, 0.25) is 0 Å². The first kappa shape index (κ1) is 29.4. The molecule has 6 rings (SSSR count). The van der Waals surface area contributed by atoms with Gasteiger partial charge in [-0.05, 0) is 75.0 Å². The third-order valence-corrected chi connectivity index (χ3v) is 9.40. The summed E-state index contributed by atoms with van der Waals surface area (Å²) < 4.78 is 7.98. The Hall–Kier alpha value is -3.68. The van der Waals surface area contributed by atoms with Crippen molar-refractivity contribution in [3.8, 4) is 0 Å². The molecular weight excluding hydrogens is 538 g/mol. The van der Waals surface area contributed by atoms with E-state index in [9.17, 15) is 9.59 Å². The largest absolute Gasteiger partial charge is 0.445 e. The molecule has 2 heterocycles. The predicted octanol–water partition coefficient (Wildman–Crippen LogP) is 7.15. The highest BCUT2D eigenvalue weighted by molar-refractivity contribution is 5.92. The molecular formula is C35H45N5O3. The maximum absolute atomic E-state index is 13.5. The number of ether oxygens (including phenoxy) is 1. The average molecular weight is 584 g/mol. The van der Waals surface area contributed by atoms with E-state index in [1.807, 2.05) is 49.4 Å². The van der Waals surface area contributed by atoms with Gasteiger partial charge in [-0.2, -0.15) is 0 Å². The predicted molar refractivity (Wildman–Crippen MR) is 167 cm³/mol. The van der Waals surface area contributed by atoms with Crippen LogP contribution in [0, 0.1) is 31.6 Å². The van der Waals surface area contributed by atoms with E-state index in [1.165, 1.54) is 24.8 Å². The lowest BCUT2D eigenvalue weighted by molar-refractivity contribution is -0.117. The SMILES string of the molecule is Cc1ccc(NC(=O)CC(c2nnc([C@H]3C[C@@H](CC(C)C)C3)n2C2CC2)C2CN(C(=O)OCc3ccccc3)C2)c(C)c1. The van der Waals surface area contributed by atoms with Crippen molar-refractivity contribution in [3.05, 3.63) is 76.9 Å². The molecule has 0 bridgehead atoms. The minimum absolute atomic E-state index is 0.0328. The third-order valence-electron chi connectivity index (χ3n) is 9.40. The fourth-order valence-electron chi connectivity index (χ4n) is 6.91. The minimum atomic E-state index is -0.311. The van der Waals surface area contributed by atoms with E-state index in [0.717, 1.165) is 47.2 Å². The van der Waals surface area contributed by atoms with Gasteiger partial charge in [-0.25, -0.2) is 4.79 Å². The summed E-state index contributed by atoms with van der Waals surface area (Å²) in [5.74, 6) is 3.90. The molecule has 1 atom stereocenters. The lowest BCUT2D eigenvalue weighted by Crippen LogP contribution is -2.53. The summed E-state index contributed by atoms with van der Waals surface area (Å²) in [7, 11) is 0. The van der Waals surface area contributed by atoms with E-state index in [0.29, 0.717) is 37.4 Å². The number of likely N-dealkylation sites (tertiary alicyclic amines) is 1. The van der Waals surface area contributed by atoms with Crippen LogP contribution in [0.1, 0.15) is 98.6 Å². The molecule has 1 unspecified atom stereocenters. The number of aryl methyl sites for hydroxylation is 2. The van der Waals surface area contributed by atoms with E-state index in [-0.39, 0.29) is 30.4 Å². The van der Waals surface area contributed by atoms with Crippen molar-refractivity contribution in [1.82, 2.24) is 19.7 Å². The maximum atomic E-state index is 13.5. The number of carbonyl (C=O) groups excluding carboxylic acids is 2. The molecule has 2 aliphatic carbocycles. The zero-order valence-electron chi connectivity index (χ0n) is 26.0. The Bertz CT molecular complexity index is 1430. The second-order valence-electron chi connectivity index (χ2n) is 13.6. The minimum Gasteiger partial charge on any atom is -0.445 e. The molecule has 0 radical (unpaired) electrons. The Morgan fingerprint density at radius 1 is 1.02 bits per heavy atom. The van der Waals surface area contributed by atoms with Gasteiger partial charge in [0.1, 0.15) is 18.3 Å². The molecule has 3 aliphatic rings. The summed E-state index contributed by atoms with van der Waals surface area (Å²) in [6, 6.07) is 16.2. The van der Waals surface area contributed by atoms with Crippen molar-refractivity contribution in [1.29, 1.82) is 0 Å². The first-order valence-electron chi connectivity index (χ1n) is 16.0. The van der Waals surface area contributed by atoms with E-state index in [2.05, 4.69) is 36.7 Å². The molecule has 1 aliphatic heterocycles. The van der Waals surface area contributed by atoms with Crippen LogP contribution in [0.25, 0.3) is 0 Å². The molecule has 0 spiro atoms. The van der Waals surface area contributed by atoms with Gasteiger partial charge in [0.25, 0.3) is 0 Å². The summed E-state index contributed by atoms with van der Waals surface area (Å²) in [6.45, 7) is 10.0. The topological polar surface area (TPSA) is 89.4 Å². The molecule has 1 saturated heterocycles. The van der Waals surface area contributed by atoms with Crippen molar-refractivity contribution in [2.24, 2.45) is 17.8 Å². The Labute approximate surface area is 255 Å². The highest BCUT2D eigenvalue weighted by atomic mass is 16.6. The standard InChI is InChI=1S/C35H45N5O3/c1-22(2)14-26-16-27(17-26)33-37-38-34(40(33)29-11-12-29)30(18-32(41)36-31-13-10-23(3)15-24(31)4)28-19-39(20-28)35(42)43-21-25-8-6-5-7-9-25/h5-10,13,15,22,26-30H,11-12,14,16-21H2,1-4H3,(H,36,41)/t26-,27+,30?. The lowest BCUT2D eigenvalue weighted by atomic mass is 9.71. The number of nitrogens with one attached hydrogen (secondary N) is 1. The molecule has 2 aromatic carbocycles. The van der Waals surface area contributed by atoms with E-state index < -0.39 is 0 Å². The van der Waals surface area contributed by atoms with Crippen molar-refractivity contribution in [2.45, 2.75) is 90.7 Å². The van der Waals surface area contributed by atoms with Crippen LogP contribution in [-0.2, 0) is 16.1 Å². The van der Waals surface area contributed by atoms with Gasteiger partial charge in [0.15, 0.2) is 0 Å². The summed E-state index contributed by atoms with van der Waals surface area (Å²) in [5.41, 5.74) is 4.01. The van der Waals surface area contributed by atoms with Gasteiger partial charge < -0.3 is 19.5 Å². The van der Waals surface area contributed by atoms with Gasteiger partial charge >= 0.3 is 6.09 Å². The molecule has 1 aromatic heterocycles. The molecule has 2 saturated carbocycles. The van der Waals surface area contributed by atoms with Gasteiger partial charge in [-0.3, -0.25) is 4.79 Å². The summed E-state index contributed by atoms with van der Waals surface area (Å²) in [6.07, 6.45) is 5.86. The first-order valence-corrected chi connectivity index (χ1v) is 16.0. The molecule has 8 heteroatoms. The van der Waals surface area contributed by atoms with Crippen LogP contribution in [0.3, 0.4) is 0 Å².